The number of nitrogens with zero attached hydrogens (tertiary/aromatic N) is 6. The van der Waals surface area contributed by atoms with Gasteiger partial charge in [0.05, 0.1) is 29.8 Å². The number of hydrogen-bond donors (Lipinski definition) is 0. The maximum absolute atomic E-state index is 13.1. The Kier molecular flexibility index (Phi) is 6.95. The van der Waals surface area contributed by atoms with Crippen molar-refractivity contribution >= 4 is 63.6 Å². The minimum absolute atomic E-state index is 0.0452. The topological polar surface area (TPSA) is 150 Å². The summed E-state index contributed by atoms with van der Waals surface area (Å²) in [7, 11) is 0. The third-order valence-electron chi connectivity index (χ3n) is 7.69. The number of carbonyl (C=O) groups is 6. The van der Waals surface area contributed by atoms with Gasteiger partial charge in [-0.05, 0) is 25.7 Å². The lowest BCUT2D eigenvalue weighted by molar-refractivity contribution is -0.152. The summed E-state index contributed by atoms with van der Waals surface area (Å²) in [5, 5.41) is -0.815. The smallest absolute Gasteiger partial charge is 0.326 e. The van der Waals surface area contributed by atoms with Gasteiger partial charge >= 0.3 is 5.97 Å². The monoisotopic (exact) mass is 574 g/mol. The molecule has 0 radical (unpaired) electrons. The van der Waals surface area contributed by atoms with Crippen molar-refractivity contribution in [2.24, 2.45) is 0 Å². The van der Waals surface area contributed by atoms with E-state index in [0.29, 0.717) is 31.9 Å². The molecule has 3 atom stereocenters. The van der Waals surface area contributed by atoms with E-state index in [1.807, 2.05) is 4.90 Å². The number of aromatic nitrogens is 2. The minimum Gasteiger partial charge on any atom is -0.459 e. The average Bonchev–Trinajstić information content (AvgIpc) is 3.53. The van der Waals surface area contributed by atoms with Crippen LogP contribution in [0.25, 0.3) is 0 Å². The van der Waals surface area contributed by atoms with Crippen LogP contribution in [0.5, 0.6) is 0 Å². The largest absolute Gasteiger partial charge is 0.459 e. The highest BCUT2D eigenvalue weighted by molar-refractivity contribution is 8.15. The molecule has 4 fully saturated rings. The normalized spacial score (nSPS) is 26.5. The fraction of sp³-hybridized carbons (Fsp3) is 0.583. The summed E-state index contributed by atoms with van der Waals surface area (Å²) in [6.45, 7) is 0.473. The Balaban J connectivity index is 1.10. The van der Waals surface area contributed by atoms with Crippen molar-refractivity contribution in [1.82, 2.24) is 24.7 Å². The summed E-state index contributed by atoms with van der Waals surface area (Å²) in [6.07, 6.45) is 4.90. The lowest BCUT2D eigenvalue weighted by Crippen LogP contribution is -2.48. The zero-order valence-corrected chi connectivity index (χ0v) is 22.6. The molecule has 5 aliphatic heterocycles. The van der Waals surface area contributed by atoms with Gasteiger partial charge in [-0.1, -0.05) is 23.5 Å². The van der Waals surface area contributed by atoms with Gasteiger partial charge in [-0.15, -0.1) is 0 Å². The number of ether oxygens (including phenoxy) is 1. The zero-order chi connectivity index (χ0) is 27.3. The Morgan fingerprint density at radius 2 is 1.69 bits per heavy atom. The number of thioether (sulfide) groups is 2. The fourth-order valence-electron chi connectivity index (χ4n) is 5.85. The molecule has 0 spiro atoms. The van der Waals surface area contributed by atoms with Crippen LogP contribution in [0.2, 0.25) is 0 Å². The zero-order valence-electron chi connectivity index (χ0n) is 20.9. The molecule has 1 aromatic rings. The van der Waals surface area contributed by atoms with Crippen LogP contribution in [0.4, 0.5) is 15.5 Å². The van der Waals surface area contributed by atoms with Gasteiger partial charge in [0.25, 0.3) is 10.5 Å². The first kappa shape index (κ1) is 26.0. The van der Waals surface area contributed by atoms with Crippen LogP contribution in [-0.4, -0.2) is 109 Å². The van der Waals surface area contributed by atoms with Gasteiger partial charge in [0.1, 0.15) is 19.2 Å². The lowest BCUT2D eigenvalue weighted by Gasteiger charge is -2.37. The van der Waals surface area contributed by atoms with Crippen LogP contribution in [0, 0.1) is 0 Å². The maximum atomic E-state index is 13.1. The van der Waals surface area contributed by atoms with E-state index in [1.165, 1.54) is 0 Å². The molecule has 1 aromatic heterocycles. The van der Waals surface area contributed by atoms with E-state index in [1.54, 1.807) is 11.1 Å². The van der Waals surface area contributed by atoms with E-state index in [0.717, 1.165) is 63.8 Å². The van der Waals surface area contributed by atoms with E-state index in [4.69, 9.17) is 9.72 Å². The number of carbonyl (C=O) groups excluding carboxylic acids is 6. The van der Waals surface area contributed by atoms with Crippen molar-refractivity contribution in [3.05, 3.63) is 17.5 Å². The summed E-state index contributed by atoms with van der Waals surface area (Å²) in [5.74, 6) is -0.928. The molecule has 5 amide bonds. The minimum atomic E-state index is -0.616. The van der Waals surface area contributed by atoms with E-state index in [9.17, 15) is 28.8 Å². The first-order valence-electron chi connectivity index (χ1n) is 12.8. The summed E-state index contributed by atoms with van der Waals surface area (Å²) < 4.78 is 5.58. The molecule has 0 aromatic carbocycles. The van der Waals surface area contributed by atoms with Crippen molar-refractivity contribution in [1.29, 1.82) is 0 Å². The van der Waals surface area contributed by atoms with Crippen LogP contribution in [0.1, 0.15) is 43.0 Å². The van der Waals surface area contributed by atoms with Gasteiger partial charge < -0.3 is 14.5 Å². The standard InChI is InChI=1S/C24H26N6O7S2/c31-18(9-28-19(32)11-38-23(28)35)30-13-3-4-17(30)15-7-25-22(26-16(15)6-13)27-5-1-2-14(8-27)37-21(34)10-29-20(33)12-39-24(29)36/h7,13-14,17H,1-6,8-12H2. The molecular weight excluding hydrogens is 548 g/mol. The summed E-state index contributed by atoms with van der Waals surface area (Å²) in [4.78, 5) is 88.2. The molecule has 206 valence electrons. The van der Waals surface area contributed by atoms with Crippen molar-refractivity contribution in [2.75, 3.05) is 42.6 Å². The number of anilines is 1. The van der Waals surface area contributed by atoms with Crippen LogP contribution >= 0.6 is 23.5 Å². The Bertz CT molecular complexity index is 1250. The van der Waals surface area contributed by atoms with Gasteiger partial charge in [-0.2, -0.15) is 0 Å². The number of amides is 5. The predicted molar refractivity (Wildman–Crippen MR) is 139 cm³/mol. The summed E-state index contributed by atoms with van der Waals surface area (Å²) in [5.41, 5.74) is 1.76. The highest BCUT2D eigenvalue weighted by Crippen LogP contribution is 2.43. The molecule has 0 saturated carbocycles. The Morgan fingerprint density at radius 1 is 0.974 bits per heavy atom. The lowest BCUT2D eigenvalue weighted by atomic mass is 9.99. The van der Waals surface area contributed by atoms with Gasteiger partial charge in [0.2, 0.25) is 23.7 Å². The van der Waals surface area contributed by atoms with Crippen LogP contribution in [0.3, 0.4) is 0 Å². The van der Waals surface area contributed by atoms with Crippen LogP contribution in [0.15, 0.2) is 6.20 Å². The van der Waals surface area contributed by atoms with Gasteiger partial charge in [-0.25, -0.2) is 9.97 Å². The molecular formula is C24H26N6O7S2. The second kappa shape index (κ2) is 10.4. The van der Waals surface area contributed by atoms with E-state index in [-0.39, 0.29) is 59.6 Å². The molecule has 6 heterocycles. The number of esters is 1. The van der Waals surface area contributed by atoms with Crippen LogP contribution in [-0.2, 0) is 30.3 Å². The van der Waals surface area contributed by atoms with Crippen molar-refractivity contribution in [3.8, 4) is 0 Å². The quantitative estimate of drug-likeness (QED) is 0.445. The molecule has 3 unspecified atom stereocenters. The highest BCUT2D eigenvalue weighted by Gasteiger charge is 2.45. The molecule has 0 N–H and O–H groups in total. The molecule has 39 heavy (non-hydrogen) atoms. The SMILES string of the molecule is O=C(CN1C(=O)CSC1=O)OC1CCCN(c2ncc3c(n2)CC2CCC3N2C(=O)CN2C(=O)CSC2=O)C1. The average molecular weight is 575 g/mol. The first-order chi connectivity index (χ1) is 18.8. The highest BCUT2D eigenvalue weighted by atomic mass is 32.2. The maximum Gasteiger partial charge on any atom is 0.326 e. The first-order valence-corrected chi connectivity index (χ1v) is 14.8. The van der Waals surface area contributed by atoms with Crippen LogP contribution < -0.4 is 4.90 Å². The molecule has 6 rings (SSSR count). The van der Waals surface area contributed by atoms with Gasteiger partial charge in [0.15, 0.2) is 0 Å². The fourth-order valence-corrected chi connectivity index (χ4v) is 7.30. The second-order valence-electron chi connectivity index (χ2n) is 10.1. The number of piperidine rings is 1. The van der Waals surface area contributed by atoms with E-state index < -0.39 is 17.3 Å². The molecule has 2 bridgehead atoms. The van der Waals surface area contributed by atoms with E-state index >= 15 is 0 Å². The van der Waals surface area contributed by atoms with Crippen molar-refractivity contribution in [3.63, 3.8) is 0 Å². The molecule has 0 aliphatic carbocycles. The predicted octanol–water partition coefficient (Wildman–Crippen LogP) is 0.968. The third kappa shape index (κ3) is 4.97. The molecule has 15 heteroatoms. The summed E-state index contributed by atoms with van der Waals surface area (Å²) >= 11 is 1.79. The third-order valence-corrected chi connectivity index (χ3v) is 9.40. The van der Waals surface area contributed by atoms with Crippen molar-refractivity contribution < 1.29 is 33.5 Å². The molecule has 4 saturated heterocycles. The van der Waals surface area contributed by atoms with Gasteiger partial charge in [-0.3, -0.25) is 38.6 Å². The van der Waals surface area contributed by atoms with E-state index in [2.05, 4.69) is 4.98 Å². The number of hydrogen-bond acceptors (Lipinski definition) is 12. The Labute approximate surface area is 232 Å². The van der Waals surface area contributed by atoms with Crippen molar-refractivity contribution in [2.45, 2.75) is 50.3 Å². The van der Waals surface area contributed by atoms with Gasteiger partial charge in [0, 0.05) is 30.8 Å². The Hall–Kier alpha value is -3.20. The number of rotatable bonds is 6. The summed E-state index contributed by atoms with van der Waals surface area (Å²) in [6, 6.07) is -0.243. The number of imide groups is 2. The number of fused-ring (bicyclic) bond motifs is 4. The Morgan fingerprint density at radius 3 is 2.38 bits per heavy atom. The second-order valence-corrected chi connectivity index (χ2v) is 11.9. The molecule has 13 nitrogen and oxygen atoms in total. The molecule has 5 aliphatic rings.